The highest BCUT2D eigenvalue weighted by atomic mass is 16.1. The Bertz CT molecular complexity index is 298. The summed E-state index contributed by atoms with van der Waals surface area (Å²) in [5, 5.41) is 0. The Morgan fingerprint density at radius 3 is 2.64 bits per heavy atom. The van der Waals surface area contributed by atoms with Crippen LogP contribution in [0.15, 0.2) is 12.5 Å². The lowest BCUT2D eigenvalue weighted by atomic mass is 9.78. The van der Waals surface area contributed by atoms with Gasteiger partial charge < -0.3 is 10.7 Å². The number of nitrogens with two attached hydrogens (primary N) is 1. The molecule has 1 aromatic rings. The van der Waals surface area contributed by atoms with Crippen LogP contribution >= 0.6 is 0 Å². The zero-order valence-corrected chi connectivity index (χ0v) is 8.87. The minimum Gasteiger partial charge on any atom is -0.369 e. The number of H-pyrrole nitrogens is 1. The van der Waals surface area contributed by atoms with Gasteiger partial charge in [-0.1, -0.05) is 20.8 Å². The molecular formula is C10H17N3O. The van der Waals surface area contributed by atoms with Gasteiger partial charge in [-0.3, -0.25) is 4.79 Å². The smallest absolute Gasteiger partial charge is 0.221 e. The summed E-state index contributed by atoms with van der Waals surface area (Å²) in [6.07, 6.45) is 4.00. The largest absolute Gasteiger partial charge is 0.369 e. The Labute approximate surface area is 83.9 Å². The number of imidazole rings is 1. The molecule has 0 aromatic carbocycles. The first kappa shape index (κ1) is 10.8. The molecule has 14 heavy (non-hydrogen) atoms. The third kappa shape index (κ3) is 2.58. The van der Waals surface area contributed by atoms with Gasteiger partial charge in [0.25, 0.3) is 0 Å². The van der Waals surface area contributed by atoms with E-state index in [4.69, 9.17) is 5.73 Å². The molecule has 3 N–H and O–H groups in total. The van der Waals surface area contributed by atoms with Crippen LogP contribution in [0, 0.1) is 11.3 Å². The van der Waals surface area contributed by atoms with Crippen LogP contribution in [-0.2, 0) is 11.2 Å². The molecular weight excluding hydrogens is 178 g/mol. The molecule has 0 fully saturated rings. The summed E-state index contributed by atoms with van der Waals surface area (Å²) < 4.78 is 0. The van der Waals surface area contributed by atoms with Crippen molar-refractivity contribution in [3.8, 4) is 0 Å². The number of aromatic amines is 1. The molecule has 0 radical (unpaired) electrons. The molecule has 1 rings (SSSR count). The summed E-state index contributed by atoms with van der Waals surface area (Å²) in [7, 11) is 0. The van der Waals surface area contributed by atoms with Gasteiger partial charge >= 0.3 is 0 Å². The second kappa shape index (κ2) is 3.82. The van der Waals surface area contributed by atoms with Crippen molar-refractivity contribution in [2.24, 2.45) is 17.1 Å². The third-order valence-corrected chi connectivity index (χ3v) is 2.36. The number of primary amides is 1. The van der Waals surface area contributed by atoms with Gasteiger partial charge in [0.05, 0.1) is 12.0 Å². The van der Waals surface area contributed by atoms with E-state index >= 15 is 0 Å². The first-order valence-electron chi connectivity index (χ1n) is 4.68. The number of carbonyl (C=O) groups is 1. The molecule has 1 amide bonds. The molecule has 0 saturated carbocycles. The molecule has 0 aliphatic heterocycles. The maximum atomic E-state index is 11.3. The number of amides is 1. The van der Waals surface area contributed by atoms with Gasteiger partial charge in [0.1, 0.15) is 0 Å². The Hall–Kier alpha value is -1.32. The number of hydrogen-bond donors (Lipinski definition) is 2. The zero-order valence-electron chi connectivity index (χ0n) is 8.87. The molecule has 4 nitrogen and oxygen atoms in total. The second-order valence-corrected chi connectivity index (χ2v) is 4.59. The monoisotopic (exact) mass is 195 g/mol. The van der Waals surface area contributed by atoms with Gasteiger partial charge in [-0.05, 0) is 5.41 Å². The molecule has 1 heterocycles. The zero-order chi connectivity index (χ0) is 10.8. The summed E-state index contributed by atoms with van der Waals surface area (Å²) in [4.78, 5) is 18.2. The van der Waals surface area contributed by atoms with E-state index in [0.29, 0.717) is 6.42 Å². The highest BCUT2D eigenvalue weighted by molar-refractivity contribution is 5.77. The number of hydrogen-bond acceptors (Lipinski definition) is 2. The van der Waals surface area contributed by atoms with Crippen LogP contribution < -0.4 is 5.73 Å². The van der Waals surface area contributed by atoms with E-state index in [1.807, 2.05) is 20.8 Å². The maximum Gasteiger partial charge on any atom is 0.221 e. The molecule has 0 spiro atoms. The minimum absolute atomic E-state index is 0.120. The fourth-order valence-corrected chi connectivity index (χ4v) is 1.45. The standard InChI is InChI=1S/C10H17N3O/c1-10(2,3)8(9(11)14)4-7-5-12-6-13-7/h5-6,8H,4H2,1-3H3,(H2,11,14)(H,12,13)/t8-/m0/s1. The summed E-state index contributed by atoms with van der Waals surface area (Å²) in [5.74, 6) is -0.439. The van der Waals surface area contributed by atoms with Crippen LogP contribution in [0.4, 0.5) is 0 Å². The third-order valence-electron chi connectivity index (χ3n) is 2.36. The maximum absolute atomic E-state index is 11.3. The van der Waals surface area contributed by atoms with Crippen molar-refractivity contribution >= 4 is 5.91 Å². The first-order valence-corrected chi connectivity index (χ1v) is 4.68. The van der Waals surface area contributed by atoms with E-state index in [0.717, 1.165) is 5.69 Å². The molecule has 4 heteroatoms. The van der Waals surface area contributed by atoms with Crippen molar-refractivity contribution in [3.63, 3.8) is 0 Å². The average Bonchev–Trinajstić information content (AvgIpc) is 2.48. The van der Waals surface area contributed by atoms with Crippen molar-refractivity contribution < 1.29 is 4.79 Å². The topological polar surface area (TPSA) is 71.8 Å². The quantitative estimate of drug-likeness (QED) is 0.758. The van der Waals surface area contributed by atoms with Crippen LogP contribution in [-0.4, -0.2) is 15.9 Å². The van der Waals surface area contributed by atoms with Crippen molar-refractivity contribution in [3.05, 3.63) is 18.2 Å². The van der Waals surface area contributed by atoms with Crippen LogP contribution in [0.1, 0.15) is 26.5 Å². The summed E-state index contributed by atoms with van der Waals surface area (Å²) >= 11 is 0. The summed E-state index contributed by atoms with van der Waals surface area (Å²) in [6.45, 7) is 6.03. The van der Waals surface area contributed by atoms with Gasteiger partial charge in [-0.15, -0.1) is 0 Å². The molecule has 78 valence electrons. The van der Waals surface area contributed by atoms with Gasteiger partial charge in [-0.2, -0.15) is 0 Å². The van der Waals surface area contributed by atoms with Gasteiger partial charge in [0.15, 0.2) is 0 Å². The number of nitrogens with one attached hydrogen (secondary N) is 1. The van der Waals surface area contributed by atoms with Gasteiger partial charge in [-0.25, -0.2) is 4.98 Å². The van der Waals surface area contributed by atoms with Crippen LogP contribution in [0.3, 0.4) is 0 Å². The first-order chi connectivity index (χ1) is 6.41. The van der Waals surface area contributed by atoms with Crippen molar-refractivity contribution in [1.82, 2.24) is 9.97 Å². The highest BCUT2D eigenvalue weighted by Crippen LogP contribution is 2.28. The Morgan fingerprint density at radius 2 is 2.29 bits per heavy atom. The predicted octanol–water partition coefficient (Wildman–Crippen LogP) is 1.10. The molecule has 0 aliphatic carbocycles. The Morgan fingerprint density at radius 1 is 1.64 bits per heavy atom. The van der Waals surface area contributed by atoms with E-state index in [9.17, 15) is 4.79 Å². The highest BCUT2D eigenvalue weighted by Gasteiger charge is 2.30. The van der Waals surface area contributed by atoms with E-state index in [-0.39, 0.29) is 17.2 Å². The molecule has 1 aromatic heterocycles. The van der Waals surface area contributed by atoms with Gasteiger partial charge in [0.2, 0.25) is 5.91 Å². The second-order valence-electron chi connectivity index (χ2n) is 4.59. The molecule has 0 saturated heterocycles. The number of carbonyl (C=O) groups excluding carboxylic acids is 1. The Balaban J connectivity index is 2.76. The minimum atomic E-state index is -0.263. The normalized spacial score (nSPS) is 13.9. The molecule has 0 aliphatic rings. The fourth-order valence-electron chi connectivity index (χ4n) is 1.45. The molecule has 1 atom stereocenters. The Kier molecular flexibility index (Phi) is 2.93. The van der Waals surface area contributed by atoms with E-state index in [2.05, 4.69) is 9.97 Å². The van der Waals surface area contributed by atoms with Crippen molar-refractivity contribution in [2.45, 2.75) is 27.2 Å². The van der Waals surface area contributed by atoms with Crippen molar-refractivity contribution in [1.29, 1.82) is 0 Å². The summed E-state index contributed by atoms with van der Waals surface area (Å²) in [6, 6.07) is 0. The van der Waals surface area contributed by atoms with Crippen LogP contribution in [0.5, 0.6) is 0 Å². The lowest BCUT2D eigenvalue weighted by Crippen LogP contribution is -2.35. The SMILES string of the molecule is CC(C)(C)[C@@H](Cc1c[nH]cn1)C(N)=O. The van der Waals surface area contributed by atoms with E-state index < -0.39 is 0 Å². The number of nitrogens with zero attached hydrogens (tertiary/aromatic N) is 1. The van der Waals surface area contributed by atoms with Crippen molar-refractivity contribution in [2.75, 3.05) is 0 Å². The number of rotatable bonds is 3. The molecule has 0 bridgehead atoms. The number of aromatic nitrogens is 2. The molecule has 0 unspecified atom stereocenters. The summed E-state index contributed by atoms with van der Waals surface area (Å²) in [5.41, 5.74) is 6.12. The van der Waals surface area contributed by atoms with Crippen LogP contribution in [0.2, 0.25) is 0 Å². The lowest BCUT2D eigenvalue weighted by molar-refractivity contribution is -0.124. The fraction of sp³-hybridized carbons (Fsp3) is 0.600. The van der Waals surface area contributed by atoms with Gasteiger partial charge in [0, 0.05) is 18.5 Å². The van der Waals surface area contributed by atoms with E-state index in [1.54, 1.807) is 12.5 Å². The predicted molar refractivity (Wildman–Crippen MR) is 54.4 cm³/mol. The van der Waals surface area contributed by atoms with E-state index in [1.165, 1.54) is 0 Å². The average molecular weight is 195 g/mol. The lowest BCUT2D eigenvalue weighted by Gasteiger charge is -2.27. The van der Waals surface area contributed by atoms with Crippen LogP contribution in [0.25, 0.3) is 0 Å².